The van der Waals surface area contributed by atoms with Crippen LogP contribution in [0.2, 0.25) is 0 Å². The van der Waals surface area contributed by atoms with Gasteiger partial charge in [0.2, 0.25) is 10.0 Å². The van der Waals surface area contributed by atoms with Gasteiger partial charge in [-0.05, 0) is 38.0 Å². The van der Waals surface area contributed by atoms with Crippen LogP contribution in [0.4, 0.5) is 0 Å². The molecular formula is C16H22N2O6S. The van der Waals surface area contributed by atoms with Gasteiger partial charge in [0.15, 0.2) is 6.10 Å². The third-order valence-electron chi connectivity index (χ3n) is 4.06. The second-order valence-corrected chi connectivity index (χ2v) is 7.48. The van der Waals surface area contributed by atoms with Gasteiger partial charge in [-0.15, -0.1) is 0 Å². The Hall–Kier alpha value is -2.13. The van der Waals surface area contributed by atoms with E-state index in [-0.39, 0.29) is 28.2 Å². The maximum atomic E-state index is 12.2. The first-order chi connectivity index (χ1) is 11.7. The van der Waals surface area contributed by atoms with Crippen molar-refractivity contribution in [2.24, 2.45) is 5.14 Å². The number of nitrogens with one attached hydrogen (secondary N) is 1. The lowest BCUT2D eigenvalue weighted by molar-refractivity contribution is -0.129. The van der Waals surface area contributed by atoms with E-state index < -0.39 is 22.1 Å². The number of hydrogen-bond acceptors (Lipinski definition) is 6. The molecule has 0 radical (unpaired) electrons. The van der Waals surface area contributed by atoms with Crippen molar-refractivity contribution in [2.45, 2.75) is 49.6 Å². The lowest BCUT2D eigenvalue weighted by atomic mass is 10.2. The summed E-state index contributed by atoms with van der Waals surface area (Å²) in [5.41, 5.74) is -0.0367. The zero-order valence-electron chi connectivity index (χ0n) is 14.2. The largest absolute Gasteiger partial charge is 0.495 e. The van der Waals surface area contributed by atoms with E-state index in [0.717, 1.165) is 31.7 Å². The van der Waals surface area contributed by atoms with Crippen LogP contribution in [0.3, 0.4) is 0 Å². The summed E-state index contributed by atoms with van der Waals surface area (Å²) in [6.45, 7) is 1.46. The van der Waals surface area contributed by atoms with Crippen LogP contribution in [0.25, 0.3) is 0 Å². The number of carbonyl (C=O) groups excluding carboxylic acids is 2. The summed E-state index contributed by atoms with van der Waals surface area (Å²) >= 11 is 0. The van der Waals surface area contributed by atoms with Crippen molar-refractivity contribution in [3.63, 3.8) is 0 Å². The van der Waals surface area contributed by atoms with Crippen molar-refractivity contribution in [1.82, 2.24) is 5.32 Å². The molecule has 1 amide bonds. The topological polar surface area (TPSA) is 125 Å². The zero-order chi connectivity index (χ0) is 18.6. The second kappa shape index (κ2) is 7.83. The van der Waals surface area contributed by atoms with Gasteiger partial charge >= 0.3 is 5.97 Å². The molecule has 3 N–H and O–H groups in total. The third-order valence-corrected chi connectivity index (χ3v) is 4.99. The minimum Gasteiger partial charge on any atom is -0.495 e. The highest BCUT2D eigenvalue weighted by Gasteiger charge is 2.25. The van der Waals surface area contributed by atoms with Crippen LogP contribution in [0, 0.1) is 0 Å². The Bertz CT molecular complexity index is 756. The van der Waals surface area contributed by atoms with Crippen molar-refractivity contribution in [1.29, 1.82) is 0 Å². The highest BCUT2D eigenvalue weighted by molar-refractivity contribution is 7.89. The van der Waals surface area contributed by atoms with Crippen molar-refractivity contribution in [2.75, 3.05) is 7.11 Å². The molecule has 1 aliphatic rings. The van der Waals surface area contributed by atoms with Gasteiger partial charge in [-0.2, -0.15) is 0 Å². The molecule has 1 atom stereocenters. The van der Waals surface area contributed by atoms with Gasteiger partial charge in [0.1, 0.15) is 10.6 Å². The number of methoxy groups -OCH3 is 1. The van der Waals surface area contributed by atoms with Gasteiger partial charge in [0.25, 0.3) is 5.91 Å². The highest BCUT2D eigenvalue weighted by Crippen LogP contribution is 2.24. The summed E-state index contributed by atoms with van der Waals surface area (Å²) in [6.07, 6.45) is 2.99. The average Bonchev–Trinajstić information content (AvgIpc) is 3.06. The zero-order valence-corrected chi connectivity index (χ0v) is 15.0. The molecule has 1 aromatic rings. The van der Waals surface area contributed by atoms with Crippen LogP contribution >= 0.6 is 0 Å². The molecule has 0 spiro atoms. The molecule has 1 saturated carbocycles. The molecule has 0 aromatic heterocycles. The molecular weight excluding hydrogens is 348 g/mol. The van der Waals surface area contributed by atoms with Gasteiger partial charge in [-0.1, -0.05) is 12.8 Å². The SMILES string of the molecule is COc1ccc(C(=O)OC(C)C(=O)NC2CCCC2)cc1S(N)(=O)=O. The number of esters is 1. The number of amides is 1. The summed E-state index contributed by atoms with van der Waals surface area (Å²) in [5, 5.41) is 7.96. The molecule has 2 rings (SSSR count). The first kappa shape index (κ1) is 19.2. The number of hydrogen-bond donors (Lipinski definition) is 2. The first-order valence-corrected chi connectivity index (χ1v) is 9.49. The molecule has 138 valence electrons. The number of rotatable bonds is 6. The summed E-state index contributed by atoms with van der Waals surface area (Å²) in [7, 11) is -2.79. The summed E-state index contributed by atoms with van der Waals surface area (Å²) in [6, 6.07) is 3.83. The molecule has 1 unspecified atom stereocenters. The fraction of sp³-hybridized carbons (Fsp3) is 0.500. The van der Waals surface area contributed by atoms with Gasteiger partial charge in [-0.25, -0.2) is 18.4 Å². The average molecular weight is 370 g/mol. The minimum atomic E-state index is -4.07. The van der Waals surface area contributed by atoms with E-state index in [1.54, 1.807) is 0 Å². The molecule has 9 heteroatoms. The Labute approximate surface area is 146 Å². The second-order valence-electron chi connectivity index (χ2n) is 5.95. The fourth-order valence-corrected chi connectivity index (χ4v) is 3.42. The van der Waals surface area contributed by atoms with Crippen molar-refractivity contribution >= 4 is 21.9 Å². The predicted octanol–water partition coefficient (Wildman–Crippen LogP) is 0.947. The quantitative estimate of drug-likeness (QED) is 0.718. The van der Waals surface area contributed by atoms with E-state index in [9.17, 15) is 18.0 Å². The fourth-order valence-electron chi connectivity index (χ4n) is 2.70. The molecule has 0 heterocycles. The van der Waals surface area contributed by atoms with E-state index >= 15 is 0 Å². The van der Waals surface area contributed by atoms with Gasteiger partial charge in [0.05, 0.1) is 12.7 Å². The highest BCUT2D eigenvalue weighted by atomic mass is 32.2. The Balaban J connectivity index is 2.08. The standard InChI is InChI=1S/C16H22N2O6S/c1-10(15(19)18-12-5-3-4-6-12)24-16(20)11-7-8-13(23-2)14(9-11)25(17,21)22/h7-10,12H,3-6H2,1-2H3,(H,18,19)(H2,17,21,22). The van der Waals surface area contributed by atoms with Crippen LogP contribution in [0.1, 0.15) is 43.0 Å². The Morgan fingerprint density at radius 2 is 1.92 bits per heavy atom. The smallest absolute Gasteiger partial charge is 0.338 e. The lowest BCUT2D eigenvalue weighted by Crippen LogP contribution is -2.40. The number of nitrogens with two attached hydrogens (primary N) is 1. The van der Waals surface area contributed by atoms with Gasteiger partial charge < -0.3 is 14.8 Å². The normalized spacial score (nSPS) is 16.3. The van der Waals surface area contributed by atoms with E-state index in [1.165, 1.54) is 26.2 Å². The number of ether oxygens (including phenoxy) is 2. The molecule has 1 aliphatic carbocycles. The number of primary sulfonamides is 1. The number of benzene rings is 1. The minimum absolute atomic E-state index is 0.0195. The number of sulfonamides is 1. The molecule has 8 nitrogen and oxygen atoms in total. The van der Waals surface area contributed by atoms with Crippen LogP contribution in [-0.4, -0.2) is 39.5 Å². The molecule has 25 heavy (non-hydrogen) atoms. The van der Waals surface area contributed by atoms with Crippen LogP contribution in [0.15, 0.2) is 23.1 Å². The van der Waals surface area contributed by atoms with Crippen LogP contribution in [-0.2, 0) is 19.6 Å². The Morgan fingerprint density at radius 1 is 1.28 bits per heavy atom. The van der Waals surface area contributed by atoms with Crippen LogP contribution < -0.4 is 15.2 Å². The van der Waals surface area contributed by atoms with Gasteiger partial charge in [-0.3, -0.25) is 4.79 Å². The van der Waals surface area contributed by atoms with E-state index in [2.05, 4.69) is 5.32 Å². The molecule has 0 aliphatic heterocycles. The van der Waals surface area contributed by atoms with E-state index in [4.69, 9.17) is 14.6 Å². The molecule has 1 fully saturated rings. The van der Waals surface area contributed by atoms with Crippen molar-refractivity contribution in [3.8, 4) is 5.75 Å². The summed E-state index contributed by atoms with van der Waals surface area (Å²) < 4.78 is 33.2. The first-order valence-electron chi connectivity index (χ1n) is 7.94. The number of carbonyl (C=O) groups is 2. The maximum Gasteiger partial charge on any atom is 0.338 e. The Morgan fingerprint density at radius 3 is 2.48 bits per heavy atom. The summed E-state index contributed by atoms with van der Waals surface area (Å²) in [4.78, 5) is 23.9. The predicted molar refractivity (Wildman–Crippen MR) is 89.6 cm³/mol. The summed E-state index contributed by atoms with van der Waals surface area (Å²) in [5.74, 6) is -1.17. The van der Waals surface area contributed by atoms with Crippen molar-refractivity contribution < 1.29 is 27.5 Å². The molecule has 0 saturated heterocycles. The molecule has 1 aromatic carbocycles. The third kappa shape index (κ3) is 4.93. The van der Waals surface area contributed by atoms with Crippen molar-refractivity contribution in [3.05, 3.63) is 23.8 Å². The van der Waals surface area contributed by atoms with E-state index in [1.807, 2.05) is 0 Å². The monoisotopic (exact) mass is 370 g/mol. The van der Waals surface area contributed by atoms with Crippen LogP contribution in [0.5, 0.6) is 5.75 Å². The molecule has 0 bridgehead atoms. The lowest BCUT2D eigenvalue weighted by Gasteiger charge is -2.17. The van der Waals surface area contributed by atoms with Gasteiger partial charge in [0, 0.05) is 6.04 Å². The van der Waals surface area contributed by atoms with E-state index in [0.29, 0.717) is 0 Å². The maximum absolute atomic E-state index is 12.2. The Kier molecular flexibility index (Phi) is 6.02.